The zero-order valence-electron chi connectivity index (χ0n) is 7.64. The number of carbonyl (C=O) groups is 1. The van der Waals surface area contributed by atoms with Crippen LogP contribution in [0.2, 0.25) is 5.02 Å². The molecule has 15 heavy (non-hydrogen) atoms. The van der Waals surface area contributed by atoms with Gasteiger partial charge in [0.2, 0.25) is 5.91 Å². The summed E-state index contributed by atoms with van der Waals surface area (Å²) in [6, 6.07) is 2.14. The van der Waals surface area contributed by atoms with Gasteiger partial charge in [-0.3, -0.25) is 4.79 Å². The van der Waals surface area contributed by atoms with E-state index in [9.17, 15) is 13.6 Å². The van der Waals surface area contributed by atoms with Crippen molar-refractivity contribution in [3.8, 4) is 0 Å². The normalized spacial score (nSPS) is 10.9. The van der Waals surface area contributed by atoms with E-state index in [1.165, 1.54) is 12.2 Å². The van der Waals surface area contributed by atoms with E-state index >= 15 is 0 Å². The maximum Gasteiger partial charge on any atom is 0.221 e. The number of nitrogens with two attached hydrogens (primary N) is 1. The van der Waals surface area contributed by atoms with Gasteiger partial charge in [-0.15, -0.1) is 0 Å². The van der Waals surface area contributed by atoms with Crippen LogP contribution < -0.4 is 5.73 Å². The second-order valence-electron chi connectivity index (χ2n) is 2.87. The van der Waals surface area contributed by atoms with E-state index in [0.29, 0.717) is 0 Å². The molecular weight excluding hydrogens is 224 g/mol. The first-order valence-corrected chi connectivity index (χ1v) is 4.48. The molecule has 2 N–H and O–H groups in total. The van der Waals surface area contributed by atoms with Crippen molar-refractivity contribution in [3.05, 3.63) is 40.4 Å². The lowest BCUT2D eigenvalue weighted by Crippen LogP contribution is -2.07. The third-order valence-electron chi connectivity index (χ3n) is 1.64. The van der Waals surface area contributed by atoms with Gasteiger partial charge in [0, 0.05) is 6.42 Å². The number of amides is 1. The minimum atomic E-state index is -0.838. The number of rotatable bonds is 3. The zero-order chi connectivity index (χ0) is 11.4. The van der Waals surface area contributed by atoms with Crippen LogP contribution in [0.1, 0.15) is 12.0 Å². The fraction of sp³-hybridized carbons (Fsp3) is 0.100. The highest BCUT2D eigenvalue weighted by molar-refractivity contribution is 6.30. The van der Waals surface area contributed by atoms with Gasteiger partial charge in [0.15, 0.2) is 0 Å². The van der Waals surface area contributed by atoms with E-state index in [1.807, 2.05) is 0 Å². The first-order chi connectivity index (χ1) is 7.00. The van der Waals surface area contributed by atoms with Crippen LogP contribution in [-0.4, -0.2) is 5.91 Å². The quantitative estimate of drug-likeness (QED) is 0.798. The second-order valence-corrected chi connectivity index (χ2v) is 3.25. The minimum Gasteiger partial charge on any atom is -0.369 e. The fourth-order valence-electron chi connectivity index (χ4n) is 0.983. The molecule has 2 nitrogen and oxygen atoms in total. The summed E-state index contributed by atoms with van der Waals surface area (Å²) in [4.78, 5) is 10.4. The molecule has 0 aliphatic heterocycles. The monoisotopic (exact) mass is 231 g/mol. The molecule has 0 fully saturated rings. The molecule has 0 saturated carbocycles. The summed E-state index contributed by atoms with van der Waals surface area (Å²) in [5.41, 5.74) is 5.17. The van der Waals surface area contributed by atoms with Crippen LogP contribution >= 0.6 is 11.6 Å². The maximum absolute atomic E-state index is 12.9. The molecule has 1 aromatic rings. The summed E-state index contributed by atoms with van der Waals surface area (Å²) >= 11 is 5.29. The van der Waals surface area contributed by atoms with Gasteiger partial charge < -0.3 is 5.73 Å². The second kappa shape index (κ2) is 4.89. The van der Waals surface area contributed by atoms with Crippen LogP contribution in [0, 0.1) is 11.6 Å². The van der Waals surface area contributed by atoms with Crippen LogP contribution in [-0.2, 0) is 4.79 Å². The Morgan fingerprint density at radius 3 is 2.40 bits per heavy atom. The molecule has 0 saturated heterocycles. The van der Waals surface area contributed by atoms with Gasteiger partial charge >= 0.3 is 0 Å². The van der Waals surface area contributed by atoms with E-state index in [0.717, 1.165) is 12.1 Å². The Labute approximate surface area is 90.3 Å². The predicted octanol–water partition coefficient (Wildman–Crippen LogP) is 2.51. The molecule has 1 rings (SSSR count). The zero-order valence-corrected chi connectivity index (χ0v) is 8.39. The van der Waals surface area contributed by atoms with Crippen molar-refractivity contribution >= 4 is 23.6 Å². The van der Waals surface area contributed by atoms with Crippen LogP contribution in [0.15, 0.2) is 18.2 Å². The van der Waals surface area contributed by atoms with E-state index in [4.69, 9.17) is 17.3 Å². The third-order valence-corrected chi connectivity index (χ3v) is 2.00. The molecule has 0 aromatic heterocycles. The SMILES string of the molecule is NC(=O)CC=Cc1cc(F)c(Cl)c(F)c1. The Kier molecular flexibility index (Phi) is 3.80. The average Bonchev–Trinajstić information content (AvgIpc) is 2.13. The van der Waals surface area contributed by atoms with E-state index < -0.39 is 22.6 Å². The largest absolute Gasteiger partial charge is 0.369 e. The van der Waals surface area contributed by atoms with Crippen molar-refractivity contribution < 1.29 is 13.6 Å². The molecule has 0 bridgehead atoms. The molecule has 5 heteroatoms. The van der Waals surface area contributed by atoms with Crippen LogP contribution in [0.4, 0.5) is 8.78 Å². The highest BCUT2D eigenvalue weighted by atomic mass is 35.5. The molecule has 0 atom stereocenters. The van der Waals surface area contributed by atoms with Gasteiger partial charge in [0.05, 0.1) is 0 Å². The lowest BCUT2D eigenvalue weighted by molar-refractivity contribution is -0.117. The highest BCUT2D eigenvalue weighted by Crippen LogP contribution is 2.21. The Balaban J connectivity index is 2.87. The number of hydrogen-bond donors (Lipinski definition) is 1. The van der Waals surface area contributed by atoms with Crippen molar-refractivity contribution in [1.29, 1.82) is 0 Å². The molecule has 0 unspecified atom stereocenters. The van der Waals surface area contributed by atoms with Crippen LogP contribution in [0.25, 0.3) is 6.08 Å². The maximum atomic E-state index is 12.9. The van der Waals surface area contributed by atoms with E-state index in [1.54, 1.807) is 0 Å². The van der Waals surface area contributed by atoms with Gasteiger partial charge in [-0.1, -0.05) is 23.8 Å². The van der Waals surface area contributed by atoms with E-state index in [2.05, 4.69) is 0 Å². The van der Waals surface area contributed by atoms with Crippen LogP contribution in [0.5, 0.6) is 0 Å². The van der Waals surface area contributed by atoms with Crippen molar-refractivity contribution in [3.63, 3.8) is 0 Å². The Morgan fingerprint density at radius 2 is 1.93 bits per heavy atom. The van der Waals surface area contributed by atoms with Gasteiger partial charge in [-0.05, 0) is 17.7 Å². The van der Waals surface area contributed by atoms with Gasteiger partial charge in [-0.2, -0.15) is 0 Å². The summed E-state index contributed by atoms with van der Waals surface area (Å²) < 4.78 is 25.9. The Morgan fingerprint density at radius 1 is 1.40 bits per heavy atom. The third kappa shape index (κ3) is 3.32. The lowest BCUT2D eigenvalue weighted by atomic mass is 10.2. The molecule has 1 aromatic carbocycles. The molecule has 0 spiro atoms. The number of hydrogen-bond acceptors (Lipinski definition) is 1. The van der Waals surface area contributed by atoms with Crippen molar-refractivity contribution in [1.82, 2.24) is 0 Å². The number of benzene rings is 1. The molecule has 0 aliphatic carbocycles. The predicted molar refractivity (Wildman–Crippen MR) is 54.2 cm³/mol. The smallest absolute Gasteiger partial charge is 0.221 e. The molecule has 0 radical (unpaired) electrons. The van der Waals surface area contributed by atoms with Gasteiger partial charge in [-0.25, -0.2) is 8.78 Å². The highest BCUT2D eigenvalue weighted by Gasteiger charge is 2.06. The van der Waals surface area contributed by atoms with E-state index in [-0.39, 0.29) is 12.0 Å². The summed E-state index contributed by atoms with van der Waals surface area (Å²) in [5, 5.41) is -0.540. The lowest BCUT2D eigenvalue weighted by Gasteiger charge is -1.98. The summed E-state index contributed by atoms with van der Waals surface area (Å²) in [6.07, 6.45) is 2.84. The summed E-state index contributed by atoms with van der Waals surface area (Å²) in [5.74, 6) is -2.19. The van der Waals surface area contributed by atoms with Gasteiger partial charge in [0.1, 0.15) is 16.7 Å². The molecular formula is C10H8ClF2NO. The summed E-state index contributed by atoms with van der Waals surface area (Å²) in [6.45, 7) is 0. The molecule has 1 amide bonds. The fourth-order valence-corrected chi connectivity index (χ4v) is 1.09. The van der Waals surface area contributed by atoms with Crippen LogP contribution in [0.3, 0.4) is 0 Å². The first kappa shape index (κ1) is 11.7. The molecule has 0 heterocycles. The Bertz CT molecular complexity index is 395. The number of primary amides is 1. The minimum absolute atomic E-state index is 0.0197. The first-order valence-electron chi connectivity index (χ1n) is 4.10. The molecule has 0 aliphatic rings. The van der Waals surface area contributed by atoms with Gasteiger partial charge in [0.25, 0.3) is 0 Å². The number of carbonyl (C=O) groups excluding carboxylic acids is 1. The summed E-state index contributed by atoms with van der Waals surface area (Å²) in [7, 11) is 0. The van der Waals surface area contributed by atoms with Crippen molar-refractivity contribution in [2.45, 2.75) is 6.42 Å². The van der Waals surface area contributed by atoms with Crippen molar-refractivity contribution in [2.24, 2.45) is 5.73 Å². The average molecular weight is 232 g/mol. The molecule has 80 valence electrons. The number of halogens is 3. The topological polar surface area (TPSA) is 43.1 Å². The standard InChI is InChI=1S/C10H8ClF2NO/c11-10-7(12)4-6(5-8(10)13)2-1-3-9(14)15/h1-2,4-5H,3H2,(H2,14,15). The Hall–Kier alpha value is -1.42. The van der Waals surface area contributed by atoms with Crippen molar-refractivity contribution in [2.75, 3.05) is 0 Å².